The molecule has 0 radical (unpaired) electrons. The summed E-state index contributed by atoms with van der Waals surface area (Å²) in [5.41, 5.74) is 1.76. The van der Waals surface area contributed by atoms with E-state index in [1.54, 1.807) is 0 Å². The summed E-state index contributed by atoms with van der Waals surface area (Å²) in [7, 11) is 0. The van der Waals surface area contributed by atoms with Crippen molar-refractivity contribution < 1.29 is 70.9 Å². The van der Waals surface area contributed by atoms with Crippen molar-refractivity contribution in [1.82, 2.24) is 10.6 Å². The maximum atomic E-state index is 12.0. The Kier molecular flexibility index (Phi) is 12.7. The van der Waals surface area contributed by atoms with Crippen LogP contribution in [0.4, 0.5) is 0 Å². The van der Waals surface area contributed by atoms with Crippen LogP contribution in [0, 0.1) is 0 Å². The van der Waals surface area contributed by atoms with Crippen molar-refractivity contribution in [3.05, 3.63) is 71.8 Å². The number of unbranched alkanes of at least 4 members (excludes halogenated alkanes) is 1. The molecule has 2 amide bonds. The van der Waals surface area contributed by atoms with E-state index in [1.807, 2.05) is 60.7 Å². The van der Waals surface area contributed by atoms with Crippen molar-refractivity contribution in [2.45, 2.75) is 38.1 Å². The fraction of sp³-hybridized carbons (Fsp3) is 0.318. The van der Waals surface area contributed by atoms with Gasteiger partial charge in [-0.3, -0.25) is 9.59 Å². The number of hydrogen-bond acceptors (Lipinski definition) is 4. The molecule has 0 aliphatic rings. The average molecular weight is 421 g/mol. The number of carboxylic acid groups (broad SMARTS) is 1. The number of hydrogen-bond donors (Lipinski definition) is 2. The molecule has 148 valence electrons. The molecule has 2 aromatic rings. The Morgan fingerprint density at radius 2 is 1.31 bits per heavy atom. The van der Waals surface area contributed by atoms with Gasteiger partial charge in [-0.15, -0.1) is 0 Å². The maximum absolute atomic E-state index is 12.0. The van der Waals surface area contributed by atoms with E-state index in [9.17, 15) is 19.5 Å². The molecule has 0 saturated carbocycles. The molecule has 7 heteroatoms. The fourth-order valence-corrected chi connectivity index (χ4v) is 2.82. The normalized spacial score (nSPS) is 11.0. The Hall–Kier alpha value is -1.51. The first kappa shape index (κ1) is 25.5. The molecule has 0 heterocycles. The number of benzene rings is 2. The third-order valence-corrected chi connectivity index (χ3v) is 4.28. The monoisotopic (exact) mass is 420 g/mol. The summed E-state index contributed by atoms with van der Waals surface area (Å²) < 4.78 is 0. The van der Waals surface area contributed by atoms with E-state index in [0.717, 1.165) is 11.1 Å². The predicted molar refractivity (Wildman–Crippen MR) is 104 cm³/mol. The minimum Gasteiger partial charge on any atom is -0.548 e. The summed E-state index contributed by atoms with van der Waals surface area (Å²) in [6.07, 6.45) is 1.88. The van der Waals surface area contributed by atoms with Gasteiger partial charge < -0.3 is 20.5 Å². The van der Waals surface area contributed by atoms with Gasteiger partial charge in [0, 0.05) is 6.54 Å². The molecule has 0 saturated heterocycles. The van der Waals surface area contributed by atoms with E-state index in [-0.39, 0.29) is 76.0 Å². The van der Waals surface area contributed by atoms with Crippen LogP contribution in [0.2, 0.25) is 0 Å². The number of nitrogens with one attached hydrogen (secondary N) is 2. The smallest absolute Gasteiger partial charge is 0.548 e. The summed E-state index contributed by atoms with van der Waals surface area (Å²) in [4.78, 5) is 35.2. The third kappa shape index (κ3) is 10.7. The number of carbonyl (C=O) groups is 3. The second kappa shape index (κ2) is 14.5. The molecule has 2 N–H and O–H groups in total. The number of rotatable bonds is 11. The van der Waals surface area contributed by atoms with Crippen LogP contribution in [0.3, 0.4) is 0 Å². The van der Waals surface area contributed by atoms with E-state index >= 15 is 0 Å². The molecule has 0 aliphatic carbocycles. The zero-order valence-corrected chi connectivity index (χ0v) is 19.8. The molecule has 0 aliphatic heterocycles. The zero-order valence-electron chi connectivity index (χ0n) is 16.7. The van der Waals surface area contributed by atoms with Gasteiger partial charge >= 0.3 is 51.4 Å². The molecule has 2 rings (SSSR count). The van der Waals surface area contributed by atoms with Gasteiger partial charge in [-0.25, -0.2) is 0 Å². The van der Waals surface area contributed by atoms with E-state index < -0.39 is 12.0 Å². The third-order valence-electron chi connectivity index (χ3n) is 4.28. The first-order chi connectivity index (χ1) is 13.5. The number of aliphatic carboxylic acids is 1. The molecule has 6 nitrogen and oxygen atoms in total. The van der Waals surface area contributed by atoms with Gasteiger partial charge in [-0.2, -0.15) is 0 Å². The van der Waals surface area contributed by atoms with Crippen LogP contribution in [-0.2, 0) is 27.2 Å². The van der Waals surface area contributed by atoms with Gasteiger partial charge in [0.2, 0.25) is 11.8 Å². The van der Waals surface area contributed by atoms with Gasteiger partial charge in [0.25, 0.3) is 0 Å². The van der Waals surface area contributed by atoms with Crippen LogP contribution in [0.15, 0.2) is 60.7 Å². The standard InChI is InChI=1S/C22H26N2O4.K/c25-20(15-17-9-3-1-4-10-17)23-14-8-7-13-19(22(27)28)24-21(26)16-18-11-5-2-6-12-18;/h1-6,9-12,19H,7-8,13-16H2,(H,23,25)(H,24,26)(H,27,28);/q;+1/p-1. The van der Waals surface area contributed by atoms with Crippen molar-refractivity contribution in [2.75, 3.05) is 6.54 Å². The molecule has 2 aromatic carbocycles. The number of amides is 2. The van der Waals surface area contributed by atoms with Crippen LogP contribution in [0.1, 0.15) is 30.4 Å². The zero-order chi connectivity index (χ0) is 20.2. The minimum atomic E-state index is -1.30. The van der Waals surface area contributed by atoms with Crippen LogP contribution in [-0.4, -0.2) is 30.4 Å². The van der Waals surface area contributed by atoms with Crippen LogP contribution >= 0.6 is 0 Å². The molecule has 0 fully saturated rings. The van der Waals surface area contributed by atoms with E-state index in [4.69, 9.17) is 0 Å². The summed E-state index contributed by atoms with van der Waals surface area (Å²) >= 11 is 0. The average Bonchev–Trinajstić information content (AvgIpc) is 2.68. The van der Waals surface area contributed by atoms with Gasteiger partial charge in [-0.05, 0) is 30.4 Å². The quantitative estimate of drug-likeness (QED) is 0.324. The molecule has 29 heavy (non-hydrogen) atoms. The molecule has 1 atom stereocenters. The Bertz CT molecular complexity index is 769. The number of carboxylic acids is 1. The maximum Gasteiger partial charge on any atom is 1.00 e. The van der Waals surface area contributed by atoms with Crippen molar-refractivity contribution in [2.24, 2.45) is 0 Å². The van der Waals surface area contributed by atoms with Gasteiger partial charge in [0.15, 0.2) is 0 Å². The Labute approximate surface area is 213 Å². The summed E-state index contributed by atoms with van der Waals surface area (Å²) in [5, 5.41) is 16.6. The van der Waals surface area contributed by atoms with E-state index in [2.05, 4.69) is 10.6 Å². The van der Waals surface area contributed by atoms with Crippen molar-refractivity contribution in [3.8, 4) is 0 Å². The van der Waals surface area contributed by atoms with E-state index in [0.29, 0.717) is 25.8 Å². The van der Waals surface area contributed by atoms with Crippen molar-refractivity contribution >= 4 is 17.8 Å². The summed E-state index contributed by atoms with van der Waals surface area (Å²) in [6.45, 7) is 0.462. The molecule has 0 spiro atoms. The van der Waals surface area contributed by atoms with Crippen molar-refractivity contribution in [3.63, 3.8) is 0 Å². The Morgan fingerprint density at radius 3 is 1.83 bits per heavy atom. The predicted octanol–water partition coefficient (Wildman–Crippen LogP) is -2.00. The summed E-state index contributed by atoms with van der Waals surface area (Å²) in [6, 6.07) is 17.5. The Balaban J connectivity index is 0.00000420. The molecular formula is C22H25KN2O4. The molecule has 0 aromatic heterocycles. The first-order valence-corrected chi connectivity index (χ1v) is 9.39. The fourth-order valence-electron chi connectivity index (χ4n) is 2.82. The van der Waals surface area contributed by atoms with Gasteiger partial charge in [-0.1, -0.05) is 60.7 Å². The SMILES string of the molecule is O=C(Cc1ccccc1)NCCCCC(NC(=O)Cc1ccccc1)C(=O)[O-].[K+]. The second-order valence-electron chi connectivity index (χ2n) is 6.61. The van der Waals surface area contributed by atoms with E-state index in [1.165, 1.54) is 0 Å². The van der Waals surface area contributed by atoms with Crippen LogP contribution in [0.5, 0.6) is 0 Å². The summed E-state index contributed by atoms with van der Waals surface area (Å²) in [5.74, 6) is -1.72. The van der Waals surface area contributed by atoms with Crippen LogP contribution in [0.25, 0.3) is 0 Å². The van der Waals surface area contributed by atoms with Crippen LogP contribution < -0.4 is 67.1 Å². The topological polar surface area (TPSA) is 98.3 Å². The number of carbonyl (C=O) groups excluding carboxylic acids is 3. The first-order valence-electron chi connectivity index (χ1n) is 9.39. The molecule has 0 bridgehead atoms. The largest absolute Gasteiger partial charge is 1.00 e. The minimum absolute atomic E-state index is 0. The Morgan fingerprint density at radius 1 is 0.793 bits per heavy atom. The van der Waals surface area contributed by atoms with Gasteiger partial charge in [0.05, 0.1) is 24.9 Å². The molecular weight excluding hydrogens is 395 g/mol. The van der Waals surface area contributed by atoms with Gasteiger partial charge in [0.1, 0.15) is 0 Å². The molecule has 1 unspecified atom stereocenters. The van der Waals surface area contributed by atoms with Crippen molar-refractivity contribution in [1.29, 1.82) is 0 Å². The second-order valence-corrected chi connectivity index (χ2v) is 6.61.